The topological polar surface area (TPSA) is 64.3 Å². The van der Waals surface area contributed by atoms with Gasteiger partial charge in [0.15, 0.2) is 0 Å². The molecule has 0 spiro atoms. The van der Waals surface area contributed by atoms with Crippen molar-refractivity contribution in [1.29, 1.82) is 0 Å². The number of carbonyl (C=O) groups excluding carboxylic acids is 1. The first-order valence-electron chi connectivity index (χ1n) is 5.03. The number of nitrogens with one attached hydrogen (secondary N) is 1. The average molecular weight is 244 g/mol. The van der Waals surface area contributed by atoms with Gasteiger partial charge in [-0.1, -0.05) is 0 Å². The van der Waals surface area contributed by atoms with Crippen molar-refractivity contribution in [2.75, 3.05) is 20.3 Å². The Morgan fingerprint density at radius 3 is 2.82 bits per heavy atom. The zero-order chi connectivity index (χ0) is 12.8. The summed E-state index contributed by atoms with van der Waals surface area (Å²) in [6, 6.07) is 1.82. The van der Waals surface area contributed by atoms with E-state index in [9.17, 15) is 13.6 Å². The Balaban J connectivity index is 2.89. The number of rotatable bonds is 6. The highest BCUT2D eigenvalue weighted by Gasteiger charge is 2.21. The van der Waals surface area contributed by atoms with Crippen molar-refractivity contribution in [2.24, 2.45) is 5.73 Å². The first-order chi connectivity index (χ1) is 8.06. The van der Waals surface area contributed by atoms with Crippen LogP contribution >= 0.6 is 0 Å². The lowest BCUT2D eigenvalue weighted by atomic mass is 10.1. The van der Waals surface area contributed by atoms with E-state index in [2.05, 4.69) is 5.32 Å². The average Bonchev–Trinajstić information content (AvgIpc) is 2.28. The largest absolute Gasteiger partial charge is 0.383 e. The van der Waals surface area contributed by atoms with E-state index in [1.165, 1.54) is 7.11 Å². The molecule has 1 aromatic rings. The Morgan fingerprint density at radius 2 is 2.24 bits per heavy atom. The first-order valence-corrected chi connectivity index (χ1v) is 5.03. The summed E-state index contributed by atoms with van der Waals surface area (Å²) in [5.74, 6) is -2.08. The molecule has 0 aliphatic heterocycles. The van der Waals surface area contributed by atoms with Crippen LogP contribution in [-0.4, -0.2) is 26.2 Å². The lowest BCUT2D eigenvalue weighted by Crippen LogP contribution is -2.36. The number of amides is 1. The summed E-state index contributed by atoms with van der Waals surface area (Å²) in [4.78, 5) is 11.2. The zero-order valence-electron chi connectivity index (χ0n) is 9.37. The van der Waals surface area contributed by atoms with Crippen molar-refractivity contribution in [3.8, 4) is 0 Å². The van der Waals surface area contributed by atoms with Gasteiger partial charge < -0.3 is 10.5 Å². The monoisotopic (exact) mass is 244 g/mol. The lowest BCUT2D eigenvalue weighted by Gasteiger charge is -2.16. The van der Waals surface area contributed by atoms with Crippen LogP contribution in [0.4, 0.5) is 8.78 Å². The normalized spacial score (nSPS) is 12.4. The summed E-state index contributed by atoms with van der Waals surface area (Å²) in [7, 11) is 1.49. The summed E-state index contributed by atoms with van der Waals surface area (Å²) in [6.45, 7) is 0.640. The SMILES string of the molecule is COCCNC(C(N)=O)c1cc(F)ccc1F. The molecule has 1 unspecified atom stereocenters. The predicted octanol–water partition coefficient (Wildman–Crippen LogP) is 0.727. The molecular formula is C11H14F2N2O2. The Kier molecular flexibility index (Phi) is 4.99. The number of primary amides is 1. The molecule has 0 radical (unpaired) electrons. The van der Waals surface area contributed by atoms with Crippen molar-refractivity contribution in [2.45, 2.75) is 6.04 Å². The zero-order valence-corrected chi connectivity index (χ0v) is 9.37. The second-order valence-electron chi connectivity index (χ2n) is 3.45. The van der Waals surface area contributed by atoms with E-state index in [0.29, 0.717) is 13.2 Å². The van der Waals surface area contributed by atoms with Crippen LogP contribution in [0.3, 0.4) is 0 Å². The molecule has 17 heavy (non-hydrogen) atoms. The van der Waals surface area contributed by atoms with Gasteiger partial charge in [0, 0.05) is 19.2 Å². The van der Waals surface area contributed by atoms with E-state index in [4.69, 9.17) is 10.5 Å². The number of nitrogens with two attached hydrogens (primary N) is 1. The third-order valence-electron chi connectivity index (χ3n) is 2.21. The molecule has 1 rings (SSSR count). The molecule has 0 saturated heterocycles. The molecule has 0 aromatic heterocycles. The van der Waals surface area contributed by atoms with Gasteiger partial charge in [-0.25, -0.2) is 8.78 Å². The molecule has 0 aliphatic rings. The molecule has 4 nitrogen and oxygen atoms in total. The van der Waals surface area contributed by atoms with Crippen molar-refractivity contribution < 1.29 is 18.3 Å². The summed E-state index contributed by atoms with van der Waals surface area (Å²) >= 11 is 0. The van der Waals surface area contributed by atoms with Crippen molar-refractivity contribution in [3.05, 3.63) is 35.4 Å². The van der Waals surface area contributed by atoms with Crippen LogP contribution in [0.1, 0.15) is 11.6 Å². The van der Waals surface area contributed by atoms with E-state index in [1.54, 1.807) is 0 Å². The van der Waals surface area contributed by atoms with Gasteiger partial charge in [0.2, 0.25) is 5.91 Å². The summed E-state index contributed by atoms with van der Waals surface area (Å²) in [6.07, 6.45) is 0. The van der Waals surface area contributed by atoms with E-state index in [0.717, 1.165) is 18.2 Å². The maximum Gasteiger partial charge on any atom is 0.239 e. The lowest BCUT2D eigenvalue weighted by molar-refractivity contribution is -0.120. The van der Waals surface area contributed by atoms with E-state index >= 15 is 0 Å². The molecule has 1 amide bonds. The number of hydrogen-bond acceptors (Lipinski definition) is 3. The Morgan fingerprint density at radius 1 is 1.53 bits per heavy atom. The number of carbonyl (C=O) groups is 1. The standard InChI is InChI=1S/C11H14F2N2O2/c1-17-5-4-15-10(11(14)16)8-6-7(12)2-3-9(8)13/h2-3,6,10,15H,4-5H2,1H3,(H2,14,16). The molecule has 94 valence electrons. The van der Waals surface area contributed by atoms with Gasteiger partial charge in [-0.2, -0.15) is 0 Å². The molecule has 3 N–H and O–H groups in total. The maximum atomic E-state index is 13.4. The molecule has 0 heterocycles. The van der Waals surface area contributed by atoms with Crippen molar-refractivity contribution >= 4 is 5.91 Å². The van der Waals surface area contributed by atoms with Crippen molar-refractivity contribution in [3.63, 3.8) is 0 Å². The van der Waals surface area contributed by atoms with Crippen LogP contribution in [-0.2, 0) is 9.53 Å². The fourth-order valence-corrected chi connectivity index (χ4v) is 1.40. The van der Waals surface area contributed by atoms with Gasteiger partial charge in [0.05, 0.1) is 6.61 Å². The van der Waals surface area contributed by atoms with E-state index in [1.807, 2.05) is 0 Å². The summed E-state index contributed by atoms with van der Waals surface area (Å²) in [5, 5.41) is 2.70. The second-order valence-corrected chi connectivity index (χ2v) is 3.45. The molecule has 0 aliphatic carbocycles. The van der Waals surface area contributed by atoms with Crippen molar-refractivity contribution in [1.82, 2.24) is 5.32 Å². The summed E-state index contributed by atoms with van der Waals surface area (Å²) in [5.41, 5.74) is 5.04. The van der Waals surface area contributed by atoms with Crippen LogP contribution in [0, 0.1) is 11.6 Å². The van der Waals surface area contributed by atoms with Crippen LogP contribution in [0.15, 0.2) is 18.2 Å². The first kappa shape index (κ1) is 13.5. The number of hydrogen-bond donors (Lipinski definition) is 2. The highest BCUT2D eigenvalue weighted by Crippen LogP contribution is 2.18. The molecule has 1 atom stereocenters. The van der Waals surface area contributed by atoms with E-state index in [-0.39, 0.29) is 5.56 Å². The third kappa shape index (κ3) is 3.76. The van der Waals surface area contributed by atoms with Gasteiger partial charge in [0.1, 0.15) is 17.7 Å². The minimum absolute atomic E-state index is 0.103. The van der Waals surface area contributed by atoms with Gasteiger partial charge in [0.25, 0.3) is 0 Å². The fraction of sp³-hybridized carbons (Fsp3) is 0.364. The van der Waals surface area contributed by atoms with Crippen LogP contribution in [0.2, 0.25) is 0 Å². The maximum absolute atomic E-state index is 13.4. The molecular weight excluding hydrogens is 230 g/mol. The number of benzene rings is 1. The quantitative estimate of drug-likeness (QED) is 0.725. The Bertz CT molecular complexity index is 399. The predicted molar refractivity (Wildman–Crippen MR) is 58.2 cm³/mol. The Labute approximate surface area is 97.8 Å². The smallest absolute Gasteiger partial charge is 0.239 e. The minimum Gasteiger partial charge on any atom is -0.383 e. The molecule has 0 saturated carbocycles. The molecule has 6 heteroatoms. The van der Waals surface area contributed by atoms with Crippen LogP contribution in [0.25, 0.3) is 0 Å². The second kappa shape index (κ2) is 6.27. The third-order valence-corrected chi connectivity index (χ3v) is 2.21. The van der Waals surface area contributed by atoms with Crippen LogP contribution in [0.5, 0.6) is 0 Å². The summed E-state index contributed by atoms with van der Waals surface area (Å²) < 4.78 is 31.2. The number of ether oxygens (including phenoxy) is 1. The molecule has 1 aromatic carbocycles. The Hall–Kier alpha value is -1.53. The van der Waals surface area contributed by atoms with Gasteiger partial charge in [-0.3, -0.25) is 10.1 Å². The highest BCUT2D eigenvalue weighted by atomic mass is 19.1. The number of methoxy groups -OCH3 is 1. The highest BCUT2D eigenvalue weighted by molar-refractivity contribution is 5.81. The van der Waals surface area contributed by atoms with Crippen LogP contribution < -0.4 is 11.1 Å². The number of halogens is 2. The van der Waals surface area contributed by atoms with Gasteiger partial charge >= 0.3 is 0 Å². The minimum atomic E-state index is -1.07. The van der Waals surface area contributed by atoms with Gasteiger partial charge in [-0.15, -0.1) is 0 Å². The van der Waals surface area contributed by atoms with Gasteiger partial charge in [-0.05, 0) is 18.2 Å². The fourth-order valence-electron chi connectivity index (χ4n) is 1.40. The van der Waals surface area contributed by atoms with E-state index < -0.39 is 23.6 Å². The molecule has 0 bridgehead atoms. The molecule has 0 fully saturated rings.